The summed E-state index contributed by atoms with van der Waals surface area (Å²) in [5.41, 5.74) is 1.74. The van der Waals surface area contributed by atoms with Gasteiger partial charge in [0.25, 0.3) is 0 Å². The van der Waals surface area contributed by atoms with E-state index < -0.39 is 0 Å². The van der Waals surface area contributed by atoms with Gasteiger partial charge in [-0.3, -0.25) is 0 Å². The fourth-order valence-electron chi connectivity index (χ4n) is 2.27. The number of nitrogens with one attached hydrogen (secondary N) is 1. The molecule has 118 valence electrons. The maximum atomic E-state index is 6.12. The standard InChI is InChI=1S/C18H17Cl2N3/c1-11(2)10-21-18-15-8-7-14(20)9-16(15)22-17(23-18)12-3-5-13(19)6-4-12/h3-9,11H,10H2,1-2H3,(H,21,22,23). The van der Waals surface area contributed by atoms with Crippen LogP contribution in [-0.4, -0.2) is 16.5 Å². The number of aromatic nitrogens is 2. The van der Waals surface area contributed by atoms with Crippen molar-refractivity contribution in [1.29, 1.82) is 0 Å². The summed E-state index contributed by atoms with van der Waals surface area (Å²) < 4.78 is 0. The minimum atomic E-state index is 0.520. The molecule has 1 heterocycles. The van der Waals surface area contributed by atoms with Crippen LogP contribution in [-0.2, 0) is 0 Å². The van der Waals surface area contributed by atoms with Gasteiger partial charge in [-0.2, -0.15) is 0 Å². The fourth-order valence-corrected chi connectivity index (χ4v) is 2.56. The molecule has 0 atom stereocenters. The molecule has 0 saturated carbocycles. The van der Waals surface area contributed by atoms with Gasteiger partial charge in [0.05, 0.1) is 5.52 Å². The number of halogens is 2. The second-order valence-electron chi connectivity index (χ2n) is 5.84. The highest BCUT2D eigenvalue weighted by atomic mass is 35.5. The van der Waals surface area contributed by atoms with Crippen molar-refractivity contribution in [3.63, 3.8) is 0 Å². The van der Waals surface area contributed by atoms with Gasteiger partial charge in [-0.15, -0.1) is 0 Å². The third kappa shape index (κ3) is 3.74. The number of rotatable bonds is 4. The molecular formula is C18H17Cl2N3. The first kappa shape index (κ1) is 16.0. The van der Waals surface area contributed by atoms with E-state index in [0.717, 1.165) is 28.8 Å². The van der Waals surface area contributed by atoms with E-state index in [1.165, 1.54) is 0 Å². The van der Waals surface area contributed by atoms with E-state index in [1.807, 2.05) is 42.5 Å². The molecule has 23 heavy (non-hydrogen) atoms. The third-order valence-corrected chi connectivity index (χ3v) is 3.93. The Bertz CT molecular complexity index is 830. The number of anilines is 1. The summed E-state index contributed by atoms with van der Waals surface area (Å²) >= 11 is 12.1. The molecule has 1 N–H and O–H groups in total. The molecule has 0 aliphatic rings. The zero-order valence-electron chi connectivity index (χ0n) is 13.0. The molecule has 0 aliphatic heterocycles. The molecule has 0 amide bonds. The lowest BCUT2D eigenvalue weighted by molar-refractivity contribution is 0.687. The van der Waals surface area contributed by atoms with Crippen LogP contribution in [0.1, 0.15) is 13.8 Å². The van der Waals surface area contributed by atoms with Crippen LogP contribution in [0.15, 0.2) is 42.5 Å². The van der Waals surface area contributed by atoms with Crippen molar-refractivity contribution in [3.05, 3.63) is 52.5 Å². The molecule has 5 heteroatoms. The summed E-state index contributed by atoms with van der Waals surface area (Å²) in [6, 6.07) is 13.2. The van der Waals surface area contributed by atoms with E-state index in [0.29, 0.717) is 21.8 Å². The van der Waals surface area contributed by atoms with Crippen LogP contribution in [0.2, 0.25) is 10.0 Å². The van der Waals surface area contributed by atoms with Gasteiger partial charge in [0.15, 0.2) is 5.82 Å². The average Bonchev–Trinajstić information content (AvgIpc) is 2.52. The smallest absolute Gasteiger partial charge is 0.162 e. The number of hydrogen-bond donors (Lipinski definition) is 1. The first-order valence-corrected chi connectivity index (χ1v) is 8.25. The lowest BCUT2D eigenvalue weighted by Crippen LogP contribution is -2.10. The normalized spacial score (nSPS) is 11.2. The van der Waals surface area contributed by atoms with Crippen molar-refractivity contribution in [2.75, 3.05) is 11.9 Å². The molecule has 0 saturated heterocycles. The topological polar surface area (TPSA) is 37.8 Å². The quantitative estimate of drug-likeness (QED) is 0.661. The van der Waals surface area contributed by atoms with Crippen molar-refractivity contribution in [3.8, 4) is 11.4 Å². The van der Waals surface area contributed by atoms with E-state index in [4.69, 9.17) is 28.2 Å². The average molecular weight is 346 g/mol. The minimum absolute atomic E-state index is 0.520. The molecule has 3 aromatic rings. The Morgan fingerprint density at radius 3 is 2.35 bits per heavy atom. The van der Waals surface area contributed by atoms with Crippen molar-refractivity contribution >= 4 is 39.9 Å². The van der Waals surface area contributed by atoms with Crippen LogP contribution in [0.25, 0.3) is 22.3 Å². The summed E-state index contributed by atoms with van der Waals surface area (Å²) in [5, 5.41) is 5.72. The van der Waals surface area contributed by atoms with Crippen LogP contribution in [0.4, 0.5) is 5.82 Å². The van der Waals surface area contributed by atoms with Gasteiger partial charge < -0.3 is 5.32 Å². The highest BCUT2D eigenvalue weighted by molar-refractivity contribution is 6.31. The Labute approximate surface area is 145 Å². The van der Waals surface area contributed by atoms with Gasteiger partial charge in [-0.25, -0.2) is 9.97 Å². The summed E-state index contributed by atoms with van der Waals surface area (Å²) in [6.45, 7) is 5.16. The Balaban J connectivity index is 2.12. The molecular weight excluding hydrogens is 329 g/mol. The number of nitrogens with zero attached hydrogens (tertiary/aromatic N) is 2. The van der Waals surface area contributed by atoms with Crippen LogP contribution in [0, 0.1) is 5.92 Å². The van der Waals surface area contributed by atoms with Gasteiger partial charge >= 0.3 is 0 Å². The van der Waals surface area contributed by atoms with E-state index in [-0.39, 0.29) is 0 Å². The Kier molecular flexibility index (Phi) is 4.69. The monoisotopic (exact) mass is 345 g/mol. The van der Waals surface area contributed by atoms with Crippen LogP contribution in [0.3, 0.4) is 0 Å². The lowest BCUT2D eigenvalue weighted by atomic mass is 10.1. The summed E-state index contributed by atoms with van der Waals surface area (Å²) in [6.07, 6.45) is 0. The summed E-state index contributed by atoms with van der Waals surface area (Å²) in [7, 11) is 0. The molecule has 0 unspecified atom stereocenters. The molecule has 1 aromatic heterocycles. The summed E-state index contributed by atoms with van der Waals surface area (Å²) in [5.74, 6) is 2.00. The SMILES string of the molecule is CC(C)CNc1nc(-c2ccc(Cl)cc2)nc2cc(Cl)ccc12. The molecule has 0 aliphatic carbocycles. The summed E-state index contributed by atoms with van der Waals surface area (Å²) in [4.78, 5) is 9.34. The highest BCUT2D eigenvalue weighted by Gasteiger charge is 2.10. The second kappa shape index (κ2) is 6.73. The predicted octanol–water partition coefficient (Wildman–Crippen LogP) is 5.67. The van der Waals surface area contributed by atoms with Crippen molar-refractivity contribution < 1.29 is 0 Å². The lowest BCUT2D eigenvalue weighted by Gasteiger charge is -2.12. The maximum absolute atomic E-state index is 6.12. The van der Waals surface area contributed by atoms with Crippen molar-refractivity contribution in [1.82, 2.24) is 9.97 Å². The van der Waals surface area contributed by atoms with E-state index >= 15 is 0 Å². The predicted molar refractivity (Wildman–Crippen MR) is 98.3 cm³/mol. The molecule has 0 spiro atoms. The Morgan fingerprint density at radius 2 is 1.65 bits per heavy atom. The van der Waals surface area contributed by atoms with Gasteiger partial charge in [0.2, 0.25) is 0 Å². The van der Waals surface area contributed by atoms with E-state index in [9.17, 15) is 0 Å². The third-order valence-electron chi connectivity index (χ3n) is 3.44. The van der Waals surface area contributed by atoms with E-state index in [2.05, 4.69) is 24.1 Å². The molecule has 3 nitrogen and oxygen atoms in total. The van der Waals surface area contributed by atoms with Gasteiger partial charge in [-0.05, 0) is 48.4 Å². The van der Waals surface area contributed by atoms with Crippen molar-refractivity contribution in [2.45, 2.75) is 13.8 Å². The van der Waals surface area contributed by atoms with Crippen LogP contribution < -0.4 is 5.32 Å². The molecule has 2 aromatic carbocycles. The largest absolute Gasteiger partial charge is 0.369 e. The number of fused-ring (bicyclic) bond motifs is 1. The molecule has 0 fully saturated rings. The first-order valence-electron chi connectivity index (χ1n) is 7.50. The molecule has 0 radical (unpaired) electrons. The van der Waals surface area contributed by atoms with Gasteiger partial charge in [0, 0.05) is 27.5 Å². The maximum Gasteiger partial charge on any atom is 0.162 e. The fraction of sp³-hybridized carbons (Fsp3) is 0.222. The zero-order valence-corrected chi connectivity index (χ0v) is 14.5. The number of hydrogen-bond acceptors (Lipinski definition) is 3. The van der Waals surface area contributed by atoms with Gasteiger partial charge in [-0.1, -0.05) is 37.0 Å². The van der Waals surface area contributed by atoms with Gasteiger partial charge in [0.1, 0.15) is 5.82 Å². The first-order chi connectivity index (χ1) is 11.0. The van der Waals surface area contributed by atoms with Crippen LogP contribution in [0.5, 0.6) is 0 Å². The van der Waals surface area contributed by atoms with Crippen LogP contribution >= 0.6 is 23.2 Å². The second-order valence-corrected chi connectivity index (χ2v) is 6.71. The highest BCUT2D eigenvalue weighted by Crippen LogP contribution is 2.27. The zero-order chi connectivity index (χ0) is 16.4. The van der Waals surface area contributed by atoms with Crippen molar-refractivity contribution in [2.24, 2.45) is 5.92 Å². The molecule has 0 bridgehead atoms. The minimum Gasteiger partial charge on any atom is -0.369 e. The van der Waals surface area contributed by atoms with E-state index in [1.54, 1.807) is 0 Å². The Morgan fingerprint density at radius 1 is 0.957 bits per heavy atom. The molecule has 3 rings (SSSR count). The number of benzene rings is 2. The Hall–Kier alpha value is -1.84.